The lowest BCUT2D eigenvalue weighted by molar-refractivity contribution is 0.0566. The number of imidazole rings is 1. The minimum atomic E-state index is -0.0851. The number of hydrogen-bond acceptors (Lipinski definition) is 4. The molecule has 1 aliphatic heterocycles. The molecule has 3 aromatic heterocycles. The number of carbonyl (C=O) groups is 1. The molecule has 0 unspecified atom stereocenters. The Morgan fingerprint density at radius 1 is 1.28 bits per heavy atom. The van der Waals surface area contributed by atoms with Gasteiger partial charge in [-0.25, -0.2) is 4.98 Å². The quantitative estimate of drug-likeness (QED) is 0.570. The van der Waals surface area contributed by atoms with Gasteiger partial charge in [0.1, 0.15) is 11.6 Å². The lowest BCUT2D eigenvalue weighted by atomic mass is 10.0. The standard InChI is InChI=1S/C22H23N5O2/c1-15-6-8-17-18(13-15)25-21(24-17)19-5-2-3-12-27(19)22(28)20-9-7-16(29-20)14-26-11-4-10-23-26/h4,6-11,13,19H,2-3,5,12,14H2,1H3,(H,24,25)/t19-/m1/s1. The normalized spacial score (nSPS) is 17.1. The van der Waals surface area contributed by atoms with Gasteiger partial charge in [-0.2, -0.15) is 5.10 Å². The minimum Gasteiger partial charge on any atom is -0.454 e. The van der Waals surface area contributed by atoms with Gasteiger partial charge in [-0.3, -0.25) is 9.48 Å². The van der Waals surface area contributed by atoms with Crippen molar-refractivity contribution in [1.29, 1.82) is 0 Å². The van der Waals surface area contributed by atoms with Crippen molar-refractivity contribution in [2.75, 3.05) is 6.54 Å². The third kappa shape index (κ3) is 3.44. The number of aromatic amines is 1. The molecule has 0 aliphatic carbocycles. The summed E-state index contributed by atoms with van der Waals surface area (Å²) in [5.41, 5.74) is 3.13. The zero-order valence-corrected chi connectivity index (χ0v) is 16.3. The average Bonchev–Trinajstić information content (AvgIpc) is 3.48. The van der Waals surface area contributed by atoms with Gasteiger partial charge in [0.2, 0.25) is 0 Å². The van der Waals surface area contributed by atoms with Gasteiger partial charge in [-0.15, -0.1) is 0 Å². The highest BCUT2D eigenvalue weighted by Crippen LogP contribution is 2.32. The van der Waals surface area contributed by atoms with E-state index in [4.69, 9.17) is 9.40 Å². The van der Waals surface area contributed by atoms with Gasteiger partial charge >= 0.3 is 0 Å². The van der Waals surface area contributed by atoms with Crippen molar-refractivity contribution < 1.29 is 9.21 Å². The van der Waals surface area contributed by atoms with E-state index in [9.17, 15) is 4.79 Å². The number of H-pyrrole nitrogens is 1. The van der Waals surface area contributed by atoms with Crippen LogP contribution in [0.15, 0.2) is 53.2 Å². The summed E-state index contributed by atoms with van der Waals surface area (Å²) in [4.78, 5) is 23.3. The molecule has 7 heteroatoms. The summed E-state index contributed by atoms with van der Waals surface area (Å²) in [7, 11) is 0. The maximum Gasteiger partial charge on any atom is 0.290 e. The zero-order chi connectivity index (χ0) is 19.8. The molecule has 1 atom stereocenters. The largest absolute Gasteiger partial charge is 0.454 e. The number of aromatic nitrogens is 4. The molecule has 7 nitrogen and oxygen atoms in total. The van der Waals surface area contributed by atoms with Crippen LogP contribution in [-0.2, 0) is 6.54 Å². The van der Waals surface area contributed by atoms with E-state index in [1.807, 2.05) is 29.3 Å². The van der Waals surface area contributed by atoms with Gasteiger partial charge in [0.05, 0.1) is 23.6 Å². The molecule has 0 spiro atoms. The summed E-state index contributed by atoms with van der Waals surface area (Å²) in [6.07, 6.45) is 6.55. The Balaban J connectivity index is 1.40. The Hall–Kier alpha value is -3.35. The Morgan fingerprint density at radius 3 is 3.07 bits per heavy atom. The number of benzene rings is 1. The summed E-state index contributed by atoms with van der Waals surface area (Å²) >= 11 is 0. The molecule has 0 bridgehead atoms. The SMILES string of the molecule is Cc1ccc2nc([C@H]3CCCCN3C(=O)c3ccc(Cn4cccn4)o3)[nH]c2c1. The molecule has 1 fully saturated rings. The molecule has 4 heterocycles. The number of piperidine rings is 1. The second-order valence-electron chi connectivity index (χ2n) is 7.62. The van der Waals surface area contributed by atoms with Crippen molar-refractivity contribution >= 4 is 16.9 Å². The van der Waals surface area contributed by atoms with Gasteiger partial charge in [0.25, 0.3) is 5.91 Å². The fourth-order valence-electron chi connectivity index (χ4n) is 4.03. The van der Waals surface area contributed by atoms with Crippen LogP contribution in [0.5, 0.6) is 0 Å². The highest BCUT2D eigenvalue weighted by molar-refractivity contribution is 5.92. The molecular formula is C22H23N5O2. The number of aryl methyl sites for hydroxylation is 1. The topological polar surface area (TPSA) is 79.9 Å². The van der Waals surface area contributed by atoms with E-state index in [-0.39, 0.29) is 11.9 Å². The van der Waals surface area contributed by atoms with Crippen LogP contribution in [0.1, 0.15) is 53.0 Å². The van der Waals surface area contributed by atoms with E-state index in [0.717, 1.165) is 36.1 Å². The van der Waals surface area contributed by atoms with Crippen LogP contribution in [0.25, 0.3) is 11.0 Å². The molecule has 1 N–H and O–H groups in total. The molecule has 1 aromatic carbocycles. The highest BCUT2D eigenvalue weighted by atomic mass is 16.4. The number of likely N-dealkylation sites (tertiary alicyclic amines) is 1. The van der Waals surface area contributed by atoms with E-state index < -0.39 is 0 Å². The first-order chi connectivity index (χ1) is 14.2. The van der Waals surface area contributed by atoms with Crippen molar-refractivity contribution in [2.45, 2.75) is 38.8 Å². The third-order valence-corrected chi connectivity index (χ3v) is 5.48. The number of hydrogen-bond donors (Lipinski definition) is 1. The molecular weight excluding hydrogens is 366 g/mol. The lowest BCUT2D eigenvalue weighted by Gasteiger charge is -2.33. The number of furan rings is 1. The summed E-state index contributed by atoms with van der Waals surface area (Å²) in [6.45, 7) is 3.27. The monoisotopic (exact) mass is 389 g/mol. The van der Waals surface area contributed by atoms with Crippen LogP contribution in [0, 0.1) is 6.92 Å². The van der Waals surface area contributed by atoms with Crippen molar-refractivity contribution in [2.24, 2.45) is 0 Å². The summed E-state index contributed by atoms with van der Waals surface area (Å²) in [6, 6.07) is 11.6. The van der Waals surface area contributed by atoms with E-state index in [0.29, 0.717) is 24.6 Å². The second kappa shape index (κ2) is 7.24. The first-order valence-corrected chi connectivity index (χ1v) is 10.0. The van der Waals surface area contributed by atoms with Gasteiger partial charge < -0.3 is 14.3 Å². The van der Waals surface area contributed by atoms with Crippen LogP contribution in [-0.4, -0.2) is 37.1 Å². The number of rotatable bonds is 4. The van der Waals surface area contributed by atoms with Crippen molar-refractivity contribution in [3.63, 3.8) is 0 Å². The van der Waals surface area contributed by atoms with Crippen molar-refractivity contribution in [3.8, 4) is 0 Å². The summed E-state index contributed by atoms with van der Waals surface area (Å²) in [5.74, 6) is 1.84. The number of carbonyl (C=O) groups excluding carboxylic acids is 1. The van der Waals surface area contributed by atoms with Gasteiger partial charge in [0, 0.05) is 18.9 Å². The van der Waals surface area contributed by atoms with Crippen LogP contribution in [0.2, 0.25) is 0 Å². The zero-order valence-electron chi connectivity index (χ0n) is 16.3. The molecule has 1 amide bonds. The van der Waals surface area contributed by atoms with E-state index in [2.05, 4.69) is 29.1 Å². The van der Waals surface area contributed by atoms with E-state index >= 15 is 0 Å². The number of fused-ring (bicyclic) bond motifs is 1. The fraction of sp³-hybridized carbons (Fsp3) is 0.318. The van der Waals surface area contributed by atoms with Crippen LogP contribution in [0.3, 0.4) is 0 Å². The Bertz CT molecular complexity index is 1140. The lowest BCUT2D eigenvalue weighted by Crippen LogP contribution is -2.38. The Kier molecular flexibility index (Phi) is 4.42. The molecule has 5 rings (SSSR count). The van der Waals surface area contributed by atoms with Gasteiger partial charge in [0.15, 0.2) is 5.76 Å². The Labute approximate surface area is 168 Å². The average molecular weight is 389 g/mol. The number of nitrogens with zero attached hydrogens (tertiary/aromatic N) is 4. The number of nitrogens with one attached hydrogen (secondary N) is 1. The van der Waals surface area contributed by atoms with Crippen molar-refractivity contribution in [1.82, 2.24) is 24.6 Å². The molecule has 1 aliphatic rings. The number of amides is 1. The first kappa shape index (κ1) is 17.7. The molecule has 4 aromatic rings. The van der Waals surface area contributed by atoms with E-state index in [1.165, 1.54) is 5.56 Å². The predicted octanol–water partition coefficient (Wildman–Crippen LogP) is 4.08. The van der Waals surface area contributed by atoms with Gasteiger partial charge in [-0.1, -0.05) is 6.07 Å². The summed E-state index contributed by atoms with van der Waals surface area (Å²) < 4.78 is 7.62. The first-order valence-electron chi connectivity index (χ1n) is 10.0. The molecule has 0 radical (unpaired) electrons. The van der Waals surface area contributed by atoms with Gasteiger partial charge in [-0.05, 0) is 62.1 Å². The van der Waals surface area contributed by atoms with Crippen LogP contribution in [0.4, 0.5) is 0 Å². The maximum absolute atomic E-state index is 13.2. The fourth-order valence-corrected chi connectivity index (χ4v) is 4.03. The predicted molar refractivity (Wildman–Crippen MR) is 108 cm³/mol. The molecule has 29 heavy (non-hydrogen) atoms. The second-order valence-corrected chi connectivity index (χ2v) is 7.62. The van der Waals surface area contributed by atoms with Crippen LogP contribution < -0.4 is 0 Å². The highest BCUT2D eigenvalue weighted by Gasteiger charge is 2.32. The molecule has 0 saturated carbocycles. The third-order valence-electron chi connectivity index (χ3n) is 5.48. The summed E-state index contributed by atoms with van der Waals surface area (Å²) in [5, 5.41) is 4.18. The van der Waals surface area contributed by atoms with Crippen LogP contribution >= 0.6 is 0 Å². The maximum atomic E-state index is 13.2. The van der Waals surface area contributed by atoms with Crippen molar-refractivity contribution in [3.05, 3.63) is 71.7 Å². The van der Waals surface area contributed by atoms with E-state index in [1.54, 1.807) is 16.9 Å². The minimum absolute atomic E-state index is 0.0661. The molecule has 148 valence electrons. The molecule has 1 saturated heterocycles. The Morgan fingerprint density at radius 2 is 2.21 bits per heavy atom. The smallest absolute Gasteiger partial charge is 0.290 e.